The van der Waals surface area contributed by atoms with Crippen LogP contribution in [-0.2, 0) is 13.0 Å². The van der Waals surface area contributed by atoms with Gasteiger partial charge in [-0.2, -0.15) is 0 Å². The van der Waals surface area contributed by atoms with Crippen LogP contribution >= 0.6 is 22.9 Å². The van der Waals surface area contributed by atoms with Crippen molar-refractivity contribution in [2.45, 2.75) is 19.0 Å². The third-order valence-corrected chi connectivity index (χ3v) is 6.41. The van der Waals surface area contributed by atoms with Crippen molar-refractivity contribution < 1.29 is 9.69 Å². The van der Waals surface area contributed by atoms with Gasteiger partial charge in [-0.15, -0.1) is 11.3 Å². The van der Waals surface area contributed by atoms with E-state index in [-0.39, 0.29) is 11.9 Å². The van der Waals surface area contributed by atoms with E-state index in [4.69, 9.17) is 11.6 Å². The Kier molecular flexibility index (Phi) is 5.58. The minimum absolute atomic E-state index is 0.0733. The first kappa shape index (κ1) is 18.2. The molecule has 2 aromatic carbocycles. The third kappa shape index (κ3) is 4.24. The Hall–Kier alpha value is -2.14. The minimum Gasteiger partial charge on any atom is -0.346 e. The van der Waals surface area contributed by atoms with Crippen LogP contribution in [0.5, 0.6) is 0 Å². The fourth-order valence-corrected chi connectivity index (χ4v) is 4.84. The monoisotopic (exact) mass is 397 g/mol. The van der Waals surface area contributed by atoms with Crippen molar-refractivity contribution >= 4 is 28.8 Å². The number of nitrogens with one attached hydrogen (secondary N) is 2. The number of halogens is 1. The van der Waals surface area contributed by atoms with E-state index in [1.165, 1.54) is 20.9 Å². The largest absolute Gasteiger partial charge is 0.346 e. The molecule has 0 aliphatic carbocycles. The number of carbonyl (C=O) groups excluding carboxylic acids is 1. The molecule has 3 aromatic rings. The molecule has 0 radical (unpaired) electrons. The molecule has 4 rings (SSSR count). The maximum Gasteiger partial charge on any atom is 0.251 e. The highest BCUT2D eigenvalue weighted by Crippen LogP contribution is 2.19. The van der Waals surface area contributed by atoms with Gasteiger partial charge >= 0.3 is 0 Å². The summed E-state index contributed by atoms with van der Waals surface area (Å²) in [6.45, 7) is 2.68. The molecule has 0 bridgehead atoms. The van der Waals surface area contributed by atoms with Crippen LogP contribution in [0, 0.1) is 0 Å². The number of hydrogen-bond donors (Lipinski definition) is 2. The molecule has 1 aliphatic heterocycles. The highest BCUT2D eigenvalue weighted by Gasteiger charge is 2.29. The summed E-state index contributed by atoms with van der Waals surface area (Å²) in [6, 6.07) is 20.3. The second-order valence-corrected chi connectivity index (χ2v) is 8.31. The molecule has 0 spiro atoms. The molecule has 1 amide bonds. The normalized spacial score (nSPS) is 17.1. The molecular formula is C22H22ClN2OS+. The predicted octanol–water partition coefficient (Wildman–Crippen LogP) is 3.51. The quantitative estimate of drug-likeness (QED) is 0.678. The molecule has 2 atom stereocenters. The number of thiophene rings is 1. The molecule has 0 saturated heterocycles. The molecule has 3 nitrogen and oxygen atoms in total. The zero-order chi connectivity index (χ0) is 18.6. The van der Waals surface area contributed by atoms with Gasteiger partial charge in [-0.1, -0.05) is 48.0 Å². The SMILES string of the molecule is O=C(NC[C@@H](c1cccs1)[NH+]1CCc2ccccc2C1)c1cccc(Cl)c1. The number of rotatable bonds is 5. The molecule has 5 heteroatoms. The maximum atomic E-state index is 12.6. The number of quaternary nitrogens is 1. The van der Waals surface area contributed by atoms with Crippen molar-refractivity contribution in [1.29, 1.82) is 0 Å². The van der Waals surface area contributed by atoms with E-state index >= 15 is 0 Å². The van der Waals surface area contributed by atoms with Gasteiger partial charge in [0.25, 0.3) is 5.91 Å². The Morgan fingerprint density at radius 3 is 2.74 bits per heavy atom. The standard InChI is InChI=1S/C22H21ClN2OS/c23-19-8-3-7-17(13-19)22(26)24-14-20(21-9-4-12-27-21)25-11-10-16-5-1-2-6-18(16)15-25/h1-9,12-13,20H,10-11,14-15H2,(H,24,26)/p+1/t20-/m0/s1. The molecule has 138 valence electrons. The summed E-state index contributed by atoms with van der Waals surface area (Å²) >= 11 is 7.78. The summed E-state index contributed by atoms with van der Waals surface area (Å²) in [6.07, 6.45) is 1.08. The predicted molar refractivity (Wildman–Crippen MR) is 111 cm³/mol. The van der Waals surface area contributed by atoms with Crippen molar-refractivity contribution in [2.24, 2.45) is 0 Å². The Morgan fingerprint density at radius 1 is 1.11 bits per heavy atom. The van der Waals surface area contributed by atoms with Gasteiger partial charge in [-0.05, 0) is 35.2 Å². The highest BCUT2D eigenvalue weighted by molar-refractivity contribution is 7.10. The minimum atomic E-state index is -0.0733. The second kappa shape index (κ2) is 8.26. The van der Waals surface area contributed by atoms with Crippen LogP contribution in [0.25, 0.3) is 0 Å². The van der Waals surface area contributed by atoms with Crippen LogP contribution in [0.4, 0.5) is 0 Å². The zero-order valence-corrected chi connectivity index (χ0v) is 16.5. The van der Waals surface area contributed by atoms with Gasteiger partial charge in [0.05, 0.1) is 18.0 Å². The average Bonchev–Trinajstić information content (AvgIpc) is 3.22. The smallest absolute Gasteiger partial charge is 0.251 e. The van der Waals surface area contributed by atoms with E-state index in [9.17, 15) is 4.79 Å². The average molecular weight is 398 g/mol. The summed E-state index contributed by atoms with van der Waals surface area (Å²) in [5.41, 5.74) is 3.47. The van der Waals surface area contributed by atoms with E-state index in [1.54, 1.807) is 35.6 Å². The lowest BCUT2D eigenvalue weighted by molar-refractivity contribution is -0.945. The second-order valence-electron chi connectivity index (χ2n) is 6.89. The lowest BCUT2D eigenvalue weighted by Gasteiger charge is -2.32. The van der Waals surface area contributed by atoms with Crippen LogP contribution in [0.1, 0.15) is 32.4 Å². The van der Waals surface area contributed by atoms with Gasteiger partial charge in [0.2, 0.25) is 0 Å². The summed E-state index contributed by atoms with van der Waals surface area (Å²) < 4.78 is 0. The van der Waals surface area contributed by atoms with E-state index in [2.05, 4.69) is 47.1 Å². The Labute approximate surface area is 168 Å². The van der Waals surface area contributed by atoms with Gasteiger partial charge in [-0.3, -0.25) is 4.79 Å². The van der Waals surface area contributed by atoms with Crippen LogP contribution < -0.4 is 10.2 Å². The fraction of sp³-hybridized carbons (Fsp3) is 0.227. The van der Waals surface area contributed by atoms with Gasteiger partial charge < -0.3 is 10.2 Å². The molecule has 1 aromatic heterocycles. The van der Waals surface area contributed by atoms with Gasteiger partial charge in [0.1, 0.15) is 12.6 Å². The van der Waals surface area contributed by atoms with Crippen molar-refractivity contribution in [1.82, 2.24) is 5.32 Å². The fourth-order valence-electron chi connectivity index (χ4n) is 3.76. The molecular weight excluding hydrogens is 376 g/mol. The Morgan fingerprint density at radius 2 is 1.96 bits per heavy atom. The molecule has 1 aliphatic rings. The van der Waals surface area contributed by atoms with Gasteiger partial charge in [0.15, 0.2) is 0 Å². The van der Waals surface area contributed by atoms with Crippen LogP contribution in [0.2, 0.25) is 5.02 Å². The molecule has 0 saturated carbocycles. The number of amides is 1. The van der Waals surface area contributed by atoms with E-state index in [0.717, 1.165) is 19.5 Å². The molecule has 0 fully saturated rings. The summed E-state index contributed by atoms with van der Waals surface area (Å²) in [7, 11) is 0. The first-order chi connectivity index (χ1) is 13.2. The molecule has 2 heterocycles. The van der Waals surface area contributed by atoms with Crippen molar-refractivity contribution in [3.05, 3.63) is 92.6 Å². The van der Waals surface area contributed by atoms with Crippen LogP contribution in [0.3, 0.4) is 0 Å². The zero-order valence-electron chi connectivity index (χ0n) is 15.0. The topological polar surface area (TPSA) is 33.5 Å². The third-order valence-electron chi connectivity index (χ3n) is 5.18. The lowest BCUT2D eigenvalue weighted by atomic mass is 9.98. The van der Waals surface area contributed by atoms with Crippen LogP contribution in [0.15, 0.2) is 66.0 Å². The number of benzene rings is 2. The first-order valence-corrected chi connectivity index (χ1v) is 10.4. The van der Waals surface area contributed by atoms with Crippen molar-refractivity contribution in [3.63, 3.8) is 0 Å². The summed E-state index contributed by atoms with van der Waals surface area (Å²) in [5, 5.41) is 5.81. The van der Waals surface area contributed by atoms with E-state index in [0.29, 0.717) is 17.1 Å². The lowest BCUT2D eigenvalue weighted by Crippen LogP contribution is -3.12. The summed E-state index contributed by atoms with van der Waals surface area (Å²) in [4.78, 5) is 15.4. The molecule has 1 unspecified atom stereocenters. The van der Waals surface area contributed by atoms with E-state index < -0.39 is 0 Å². The maximum absolute atomic E-state index is 12.6. The van der Waals surface area contributed by atoms with E-state index in [1.807, 2.05) is 0 Å². The van der Waals surface area contributed by atoms with Crippen molar-refractivity contribution in [3.8, 4) is 0 Å². The number of carbonyl (C=O) groups is 1. The van der Waals surface area contributed by atoms with Crippen LogP contribution in [-0.4, -0.2) is 19.0 Å². The van der Waals surface area contributed by atoms with Gasteiger partial charge in [0, 0.05) is 22.6 Å². The molecule has 2 N–H and O–H groups in total. The Balaban J connectivity index is 1.50. The number of fused-ring (bicyclic) bond motifs is 1. The number of hydrogen-bond acceptors (Lipinski definition) is 2. The highest BCUT2D eigenvalue weighted by atomic mass is 35.5. The summed E-state index contributed by atoms with van der Waals surface area (Å²) in [5.74, 6) is -0.0733. The molecule has 27 heavy (non-hydrogen) atoms. The first-order valence-electron chi connectivity index (χ1n) is 9.19. The van der Waals surface area contributed by atoms with Crippen molar-refractivity contribution in [2.75, 3.05) is 13.1 Å². The van der Waals surface area contributed by atoms with Gasteiger partial charge in [-0.25, -0.2) is 0 Å². The Bertz CT molecular complexity index is 926.